The Bertz CT molecular complexity index is 699. The third-order valence-electron chi connectivity index (χ3n) is 2.67. The molecule has 0 fully saturated rings. The highest BCUT2D eigenvalue weighted by molar-refractivity contribution is 9.11. The maximum Gasteiger partial charge on any atom is 0.147 e. The average Bonchev–Trinajstić information content (AvgIpc) is 2.42. The van der Waals surface area contributed by atoms with E-state index in [4.69, 9.17) is 0 Å². The van der Waals surface area contributed by atoms with Gasteiger partial charge in [0.25, 0.3) is 0 Å². The zero-order valence-electron chi connectivity index (χ0n) is 10.4. The first-order valence-corrected chi connectivity index (χ1v) is 7.22. The molecule has 0 heterocycles. The van der Waals surface area contributed by atoms with Gasteiger partial charge < -0.3 is 15.3 Å². The molecule has 0 saturated carbocycles. The summed E-state index contributed by atoms with van der Waals surface area (Å²) in [5.74, 6) is -0.150. The summed E-state index contributed by atoms with van der Waals surface area (Å²) < 4.78 is 0.610. The highest BCUT2D eigenvalue weighted by Crippen LogP contribution is 2.41. The predicted octanol–water partition coefficient (Wildman–Crippen LogP) is 4.39. The van der Waals surface area contributed by atoms with Crippen LogP contribution in [0.3, 0.4) is 0 Å². The Morgan fingerprint density at radius 2 is 1.75 bits per heavy atom. The average molecular weight is 401 g/mol. The Morgan fingerprint density at radius 1 is 1.05 bits per heavy atom. The smallest absolute Gasteiger partial charge is 0.147 e. The maximum absolute atomic E-state index is 9.92. The number of aryl methyl sites for hydroxylation is 1. The van der Waals surface area contributed by atoms with Crippen molar-refractivity contribution in [1.82, 2.24) is 0 Å². The monoisotopic (exact) mass is 399 g/mol. The van der Waals surface area contributed by atoms with Gasteiger partial charge in [-0.2, -0.15) is 0 Å². The summed E-state index contributed by atoms with van der Waals surface area (Å²) in [6, 6.07) is 6.60. The van der Waals surface area contributed by atoms with Crippen LogP contribution in [0.25, 0.3) is 0 Å². The van der Waals surface area contributed by atoms with Crippen molar-refractivity contribution in [1.29, 1.82) is 0 Å². The summed E-state index contributed by atoms with van der Waals surface area (Å²) in [5, 5.41) is 29.3. The third kappa shape index (κ3) is 2.96. The Kier molecular flexibility index (Phi) is 4.35. The Morgan fingerprint density at radius 3 is 2.45 bits per heavy atom. The topological polar surface area (TPSA) is 73.1 Å². The van der Waals surface area contributed by atoms with Crippen LogP contribution in [0.4, 0.5) is 5.69 Å². The highest BCUT2D eigenvalue weighted by atomic mass is 79.9. The second kappa shape index (κ2) is 5.85. The molecule has 3 N–H and O–H groups in total. The molecule has 4 nitrogen and oxygen atoms in total. The molecule has 0 aliphatic rings. The number of rotatable bonds is 2. The second-order valence-corrected chi connectivity index (χ2v) is 5.86. The summed E-state index contributed by atoms with van der Waals surface area (Å²) in [6.07, 6.45) is 1.42. The molecule has 2 aromatic rings. The minimum absolute atomic E-state index is 0.0586. The molecule has 0 aliphatic heterocycles. The molecule has 2 aromatic carbocycles. The van der Waals surface area contributed by atoms with Crippen molar-refractivity contribution in [2.24, 2.45) is 4.99 Å². The SMILES string of the molecule is Cc1ccc(O)c(N=Cc2cc(Br)c(O)c(Br)c2O)c1. The lowest BCUT2D eigenvalue weighted by molar-refractivity contribution is 0.441. The second-order valence-electron chi connectivity index (χ2n) is 4.21. The molecule has 104 valence electrons. The Hall–Kier alpha value is -1.53. The summed E-state index contributed by atoms with van der Waals surface area (Å²) in [5.41, 5.74) is 1.78. The first-order valence-electron chi connectivity index (χ1n) is 5.63. The van der Waals surface area contributed by atoms with Crippen LogP contribution in [0, 0.1) is 6.92 Å². The maximum atomic E-state index is 9.92. The van der Waals surface area contributed by atoms with Gasteiger partial charge in [-0.1, -0.05) is 6.07 Å². The lowest BCUT2D eigenvalue weighted by Gasteiger charge is -2.06. The number of phenols is 3. The molecule has 0 aliphatic carbocycles. The van der Waals surface area contributed by atoms with Crippen molar-refractivity contribution < 1.29 is 15.3 Å². The van der Waals surface area contributed by atoms with Gasteiger partial charge in [-0.15, -0.1) is 0 Å². The van der Waals surface area contributed by atoms with E-state index in [9.17, 15) is 15.3 Å². The molecule has 0 amide bonds. The number of aliphatic imine (C=N–C) groups is 1. The fourth-order valence-electron chi connectivity index (χ4n) is 1.59. The van der Waals surface area contributed by atoms with E-state index < -0.39 is 0 Å². The van der Waals surface area contributed by atoms with Crippen molar-refractivity contribution >= 4 is 43.8 Å². The molecular weight excluding hydrogens is 390 g/mol. The molecule has 2 rings (SSSR count). The van der Waals surface area contributed by atoms with Crippen LogP contribution < -0.4 is 0 Å². The minimum Gasteiger partial charge on any atom is -0.506 e. The van der Waals surface area contributed by atoms with Crippen molar-refractivity contribution in [2.75, 3.05) is 0 Å². The summed E-state index contributed by atoms with van der Waals surface area (Å²) in [4.78, 5) is 4.15. The van der Waals surface area contributed by atoms with E-state index in [-0.39, 0.29) is 21.7 Å². The van der Waals surface area contributed by atoms with Crippen molar-refractivity contribution in [3.8, 4) is 17.2 Å². The number of hydrogen-bond donors (Lipinski definition) is 3. The van der Waals surface area contributed by atoms with Crippen LogP contribution >= 0.6 is 31.9 Å². The van der Waals surface area contributed by atoms with Gasteiger partial charge in [0.2, 0.25) is 0 Å². The Labute approximate surface area is 132 Å². The number of halogens is 2. The van der Waals surface area contributed by atoms with Crippen molar-refractivity contribution in [2.45, 2.75) is 6.92 Å². The molecule has 0 radical (unpaired) electrons. The molecule has 0 aromatic heterocycles. The molecular formula is C14H11Br2NO3. The van der Waals surface area contributed by atoms with Crippen molar-refractivity contribution in [3.05, 3.63) is 44.3 Å². The van der Waals surface area contributed by atoms with Gasteiger partial charge in [0.1, 0.15) is 27.4 Å². The van der Waals surface area contributed by atoms with E-state index in [1.807, 2.05) is 6.92 Å². The van der Waals surface area contributed by atoms with E-state index in [1.165, 1.54) is 12.3 Å². The Balaban J connectivity index is 2.44. The van der Waals surface area contributed by atoms with Gasteiger partial charge in [-0.3, -0.25) is 4.99 Å². The number of benzene rings is 2. The number of hydrogen-bond acceptors (Lipinski definition) is 4. The van der Waals surface area contributed by atoms with E-state index in [0.29, 0.717) is 15.7 Å². The normalized spacial score (nSPS) is 11.2. The first kappa shape index (κ1) is 14.9. The first-order chi connectivity index (χ1) is 9.40. The van der Waals surface area contributed by atoms with Crippen molar-refractivity contribution in [3.63, 3.8) is 0 Å². The van der Waals surface area contributed by atoms with E-state index in [0.717, 1.165) is 5.56 Å². The van der Waals surface area contributed by atoms with Crippen LogP contribution in [-0.2, 0) is 0 Å². The summed E-state index contributed by atoms with van der Waals surface area (Å²) >= 11 is 6.27. The molecule has 20 heavy (non-hydrogen) atoms. The van der Waals surface area contributed by atoms with E-state index in [2.05, 4.69) is 36.9 Å². The molecule has 0 unspecified atom stereocenters. The van der Waals surface area contributed by atoms with E-state index >= 15 is 0 Å². The van der Waals surface area contributed by atoms with Crippen LogP contribution in [0.5, 0.6) is 17.2 Å². The van der Waals surface area contributed by atoms with Crippen LogP contribution in [0.2, 0.25) is 0 Å². The quantitative estimate of drug-likeness (QED) is 0.654. The number of phenolic OH excluding ortho intramolecular Hbond substituents is 3. The fraction of sp³-hybridized carbons (Fsp3) is 0.0714. The molecule has 0 spiro atoms. The minimum atomic E-state index is -0.124. The summed E-state index contributed by atoms with van der Waals surface area (Å²) in [6.45, 7) is 1.89. The van der Waals surface area contributed by atoms with Gasteiger partial charge in [0, 0.05) is 11.8 Å². The molecule has 0 saturated heterocycles. The lowest BCUT2D eigenvalue weighted by Crippen LogP contribution is -1.86. The van der Waals surface area contributed by atoms with Gasteiger partial charge in [0.05, 0.1) is 4.47 Å². The highest BCUT2D eigenvalue weighted by Gasteiger charge is 2.12. The molecule has 6 heteroatoms. The van der Waals surface area contributed by atoms with Crippen LogP contribution in [-0.4, -0.2) is 21.5 Å². The molecule has 0 bridgehead atoms. The largest absolute Gasteiger partial charge is 0.506 e. The zero-order valence-corrected chi connectivity index (χ0v) is 13.6. The number of nitrogens with zero attached hydrogens (tertiary/aromatic N) is 1. The molecule has 0 atom stereocenters. The summed E-state index contributed by atoms with van der Waals surface area (Å²) in [7, 11) is 0. The van der Waals surface area contributed by atoms with Gasteiger partial charge in [-0.25, -0.2) is 0 Å². The van der Waals surface area contributed by atoms with Gasteiger partial charge in [-0.05, 0) is 62.5 Å². The fourth-order valence-corrected chi connectivity index (χ4v) is 2.74. The number of aromatic hydroxyl groups is 3. The lowest BCUT2D eigenvalue weighted by atomic mass is 10.2. The van der Waals surface area contributed by atoms with E-state index in [1.54, 1.807) is 18.2 Å². The van der Waals surface area contributed by atoms with Gasteiger partial charge >= 0.3 is 0 Å². The standard InChI is InChI=1S/C14H11Br2NO3/c1-7-2-3-11(18)10(4-7)17-6-8-5-9(15)14(20)12(16)13(8)19/h2-6,18-20H,1H3. The zero-order chi connectivity index (χ0) is 14.9. The predicted molar refractivity (Wildman–Crippen MR) is 85.3 cm³/mol. The van der Waals surface area contributed by atoms with Crippen LogP contribution in [0.1, 0.15) is 11.1 Å². The third-order valence-corrected chi connectivity index (χ3v) is 4.03. The van der Waals surface area contributed by atoms with Gasteiger partial charge in [0.15, 0.2) is 0 Å². The van der Waals surface area contributed by atoms with Crippen LogP contribution in [0.15, 0.2) is 38.2 Å².